The lowest BCUT2D eigenvalue weighted by Crippen LogP contribution is -2.27. The third kappa shape index (κ3) is 3.33. The van der Waals surface area contributed by atoms with Gasteiger partial charge in [0.1, 0.15) is 5.69 Å². The molecule has 0 N–H and O–H groups in total. The van der Waals surface area contributed by atoms with Crippen molar-refractivity contribution in [2.24, 2.45) is 14.1 Å². The van der Waals surface area contributed by atoms with Crippen LogP contribution in [0.2, 0.25) is 0 Å². The fourth-order valence-corrected chi connectivity index (χ4v) is 2.03. The van der Waals surface area contributed by atoms with Crippen molar-refractivity contribution < 1.29 is 14.3 Å². The van der Waals surface area contributed by atoms with Gasteiger partial charge in [-0.05, 0) is 13.0 Å². The Kier molecular flexibility index (Phi) is 4.59. The average Bonchev–Trinajstić information content (AvgIpc) is 3.04. The van der Waals surface area contributed by atoms with Crippen LogP contribution in [0.4, 0.5) is 0 Å². The van der Waals surface area contributed by atoms with Crippen molar-refractivity contribution in [3.8, 4) is 0 Å². The predicted octanol–water partition coefficient (Wildman–Crippen LogP) is 0.602. The van der Waals surface area contributed by atoms with Crippen LogP contribution in [0.25, 0.3) is 0 Å². The minimum Gasteiger partial charge on any atom is -0.461 e. The van der Waals surface area contributed by atoms with E-state index in [1.54, 1.807) is 25.7 Å². The Balaban J connectivity index is 2.12. The summed E-state index contributed by atoms with van der Waals surface area (Å²) in [7, 11) is 5.08. The number of amides is 1. The van der Waals surface area contributed by atoms with Gasteiger partial charge in [-0.25, -0.2) is 4.79 Å². The normalized spacial score (nSPS) is 10.5. The molecular weight excluding hydrogens is 286 g/mol. The molecule has 0 saturated heterocycles. The van der Waals surface area contributed by atoms with Crippen LogP contribution in [-0.2, 0) is 25.4 Å². The number of nitrogens with zero attached hydrogens (tertiary/aromatic N) is 5. The van der Waals surface area contributed by atoms with Crippen LogP contribution in [0.3, 0.4) is 0 Å². The summed E-state index contributed by atoms with van der Waals surface area (Å²) < 4.78 is 7.94. The molecule has 0 aromatic carbocycles. The lowest BCUT2D eigenvalue weighted by Gasteiger charge is -2.13. The van der Waals surface area contributed by atoms with E-state index >= 15 is 0 Å². The highest BCUT2D eigenvalue weighted by Crippen LogP contribution is 2.09. The molecule has 2 aromatic heterocycles. The van der Waals surface area contributed by atoms with Crippen molar-refractivity contribution in [1.82, 2.24) is 24.5 Å². The minimum absolute atomic E-state index is 0.198. The molecule has 118 valence electrons. The molecule has 8 nitrogen and oxygen atoms in total. The zero-order valence-electron chi connectivity index (χ0n) is 13.1. The summed E-state index contributed by atoms with van der Waals surface area (Å²) in [5.74, 6) is -0.777. The van der Waals surface area contributed by atoms with Crippen LogP contribution in [0, 0.1) is 0 Å². The number of esters is 1. The van der Waals surface area contributed by atoms with Gasteiger partial charge in [0, 0.05) is 33.4 Å². The summed E-state index contributed by atoms with van der Waals surface area (Å²) in [6, 6.07) is 3.28. The van der Waals surface area contributed by atoms with Gasteiger partial charge in [-0.3, -0.25) is 14.2 Å². The van der Waals surface area contributed by atoms with Crippen molar-refractivity contribution in [1.29, 1.82) is 0 Å². The SMILES string of the molecule is CCOC(=O)c1cc(C(=O)N(C)Cc2ccn(C)n2)nn1C. The molecular formula is C14H19N5O3. The van der Waals surface area contributed by atoms with E-state index in [1.807, 2.05) is 19.3 Å². The lowest BCUT2D eigenvalue weighted by molar-refractivity contribution is 0.0513. The topological polar surface area (TPSA) is 82.2 Å². The van der Waals surface area contributed by atoms with E-state index in [0.29, 0.717) is 6.54 Å². The highest BCUT2D eigenvalue weighted by Gasteiger charge is 2.21. The molecule has 0 bridgehead atoms. The maximum atomic E-state index is 12.4. The van der Waals surface area contributed by atoms with Gasteiger partial charge in [0.25, 0.3) is 5.91 Å². The molecule has 0 spiro atoms. The second-order valence-electron chi connectivity index (χ2n) is 4.90. The van der Waals surface area contributed by atoms with Gasteiger partial charge in [-0.1, -0.05) is 0 Å². The predicted molar refractivity (Wildman–Crippen MR) is 78.2 cm³/mol. The summed E-state index contributed by atoms with van der Waals surface area (Å²) in [6.07, 6.45) is 1.81. The fraction of sp³-hybridized carbons (Fsp3) is 0.429. The Hall–Kier alpha value is -2.64. The summed E-state index contributed by atoms with van der Waals surface area (Å²) in [5, 5.41) is 8.31. The van der Waals surface area contributed by atoms with E-state index in [4.69, 9.17) is 4.74 Å². The quantitative estimate of drug-likeness (QED) is 0.756. The zero-order chi connectivity index (χ0) is 16.3. The first kappa shape index (κ1) is 15.7. The van der Waals surface area contributed by atoms with Crippen molar-refractivity contribution in [3.05, 3.63) is 35.4 Å². The van der Waals surface area contributed by atoms with Gasteiger partial charge < -0.3 is 9.64 Å². The lowest BCUT2D eigenvalue weighted by atomic mass is 10.3. The Morgan fingerprint density at radius 3 is 2.64 bits per heavy atom. The molecule has 2 rings (SSSR count). The molecule has 0 aliphatic carbocycles. The van der Waals surface area contributed by atoms with Gasteiger partial charge in [-0.2, -0.15) is 10.2 Å². The van der Waals surface area contributed by atoms with E-state index in [2.05, 4.69) is 10.2 Å². The van der Waals surface area contributed by atoms with Gasteiger partial charge in [0.2, 0.25) is 0 Å². The standard InChI is InChI=1S/C14H19N5O3/c1-5-22-14(21)12-8-11(16-19(12)4)13(20)17(2)9-10-6-7-18(3)15-10/h6-8H,5,9H2,1-4H3. The first-order chi connectivity index (χ1) is 10.4. The molecule has 0 aliphatic rings. The summed E-state index contributed by atoms with van der Waals surface area (Å²) in [6.45, 7) is 2.36. The number of aromatic nitrogens is 4. The molecule has 22 heavy (non-hydrogen) atoms. The second-order valence-corrected chi connectivity index (χ2v) is 4.90. The van der Waals surface area contributed by atoms with Crippen LogP contribution >= 0.6 is 0 Å². The number of hydrogen-bond donors (Lipinski definition) is 0. The second kappa shape index (κ2) is 6.42. The van der Waals surface area contributed by atoms with Gasteiger partial charge in [0.05, 0.1) is 18.8 Å². The number of rotatable bonds is 5. The molecule has 8 heteroatoms. The number of carbonyl (C=O) groups is 2. The van der Waals surface area contributed by atoms with Gasteiger partial charge >= 0.3 is 5.97 Å². The Morgan fingerprint density at radius 2 is 2.05 bits per heavy atom. The molecule has 0 atom stereocenters. The van der Waals surface area contributed by atoms with Crippen molar-refractivity contribution in [2.45, 2.75) is 13.5 Å². The van der Waals surface area contributed by atoms with Crippen LogP contribution in [0.1, 0.15) is 33.6 Å². The van der Waals surface area contributed by atoms with Crippen molar-refractivity contribution >= 4 is 11.9 Å². The van der Waals surface area contributed by atoms with E-state index in [1.165, 1.54) is 15.6 Å². The molecule has 2 aromatic rings. The highest BCUT2D eigenvalue weighted by molar-refractivity contribution is 5.95. The maximum absolute atomic E-state index is 12.4. The third-order valence-electron chi connectivity index (χ3n) is 3.10. The molecule has 0 unspecified atom stereocenters. The van der Waals surface area contributed by atoms with E-state index in [0.717, 1.165) is 5.69 Å². The van der Waals surface area contributed by atoms with E-state index < -0.39 is 5.97 Å². The first-order valence-corrected chi connectivity index (χ1v) is 6.87. The number of aryl methyl sites for hydroxylation is 2. The van der Waals surface area contributed by atoms with Crippen LogP contribution in [-0.4, -0.2) is 50.0 Å². The van der Waals surface area contributed by atoms with E-state index in [-0.39, 0.29) is 23.9 Å². The smallest absolute Gasteiger partial charge is 0.356 e. The fourth-order valence-electron chi connectivity index (χ4n) is 2.03. The van der Waals surface area contributed by atoms with Crippen molar-refractivity contribution in [2.75, 3.05) is 13.7 Å². The monoisotopic (exact) mass is 305 g/mol. The molecule has 0 aliphatic heterocycles. The minimum atomic E-state index is -0.496. The summed E-state index contributed by atoms with van der Waals surface area (Å²) >= 11 is 0. The molecule has 0 fully saturated rings. The van der Waals surface area contributed by atoms with Crippen LogP contribution in [0.15, 0.2) is 18.3 Å². The highest BCUT2D eigenvalue weighted by atomic mass is 16.5. The Morgan fingerprint density at radius 1 is 1.32 bits per heavy atom. The molecule has 2 heterocycles. The average molecular weight is 305 g/mol. The number of ether oxygens (including phenoxy) is 1. The molecule has 0 saturated carbocycles. The Bertz CT molecular complexity index is 688. The summed E-state index contributed by atoms with van der Waals surface area (Å²) in [4.78, 5) is 25.6. The number of carbonyl (C=O) groups excluding carboxylic acids is 2. The van der Waals surface area contributed by atoms with Crippen LogP contribution in [0.5, 0.6) is 0 Å². The molecule has 1 amide bonds. The van der Waals surface area contributed by atoms with Gasteiger partial charge in [-0.15, -0.1) is 0 Å². The first-order valence-electron chi connectivity index (χ1n) is 6.87. The zero-order valence-corrected chi connectivity index (χ0v) is 13.1. The Labute approximate surface area is 128 Å². The van der Waals surface area contributed by atoms with Gasteiger partial charge in [0.15, 0.2) is 5.69 Å². The van der Waals surface area contributed by atoms with Crippen molar-refractivity contribution in [3.63, 3.8) is 0 Å². The maximum Gasteiger partial charge on any atom is 0.356 e. The van der Waals surface area contributed by atoms with E-state index in [9.17, 15) is 9.59 Å². The third-order valence-corrected chi connectivity index (χ3v) is 3.10. The molecule has 0 radical (unpaired) electrons. The van der Waals surface area contributed by atoms with Crippen LogP contribution < -0.4 is 0 Å². The summed E-state index contributed by atoms with van der Waals surface area (Å²) in [5.41, 5.74) is 1.22. The number of hydrogen-bond acceptors (Lipinski definition) is 5. The largest absolute Gasteiger partial charge is 0.461 e.